The number of hydrogen-bond donors (Lipinski definition) is 0. The Morgan fingerprint density at radius 3 is 1.35 bits per heavy atom. The quantitative estimate of drug-likeness (QED) is 0.204. The van der Waals surface area contributed by atoms with Crippen molar-refractivity contribution in [3.05, 3.63) is 163 Å². The predicted molar refractivity (Wildman–Crippen MR) is 171 cm³/mol. The fraction of sp³-hybridized carbons (Fsp3) is 0.0526. The Kier molecular flexibility index (Phi) is 6.35. The SMILES string of the molecule is C1=CC(N(c2ccccc2)c2ccc3c(ccc4cc(N(c5ccccc5)c5ccccc5)ccc43)c2)=CCC1. The van der Waals surface area contributed by atoms with Crippen LogP contribution in [0, 0.1) is 0 Å². The number of fused-ring (bicyclic) bond motifs is 3. The maximum atomic E-state index is 2.36. The third-order valence-electron chi connectivity index (χ3n) is 7.60. The number of hydrogen-bond acceptors (Lipinski definition) is 2. The molecule has 0 spiro atoms. The minimum atomic E-state index is 1.07. The van der Waals surface area contributed by atoms with Crippen molar-refractivity contribution in [1.82, 2.24) is 0 Å². The summed E-state index contributed by atoms with van der Waals surface area (Å²) in [5, 5.41) is 4.99. The number of allylic oxidation sites excluding steroid dienone is 3. The number of benzene rings is 6. The summed E-state index contributed by atoms with van der Waals surface area (Å²) in [5.41, 5.74) is 7.01. The molecule has 0 aliphatic heterocycles. The van der Waals surface area contributed by atoms with Crippen LogP contribution in [-0.2, 0) is 0 Å². The van der Waals surface area contributed by atoms with Crippen LogP contribution < -0.4 is 9.80 Å². The fourth-order valence-electron chi connectivity index (χ4n) is 5.72. The van der Waals surface area contributed by atoms with Gasteiger partial charge in [-0.2, -0.15) is 0 Å². The molecule has 2 heteroatoms. The zero-order chi connectivity index (χ0) is 26.7. The van der Waals surface area contributed by atoms with Gasteiger partial charge >= 0.3 is 0 Å². The molecule has 6 aromatic rings. The summed E-state index contributed by atoms with van der Waals surface area (Å²) < 4.78 is 0. The molecule has 0 saturated heterocycles. The highest BCUT2D eigenvalue weighted by Gasteiger charge is 2.16. The summed E-state index contributed by atoms with van der Waals surface area (Å²) in [6.45, 7) is 0. The van der Waals surface area contributed by atoms with Crippen molar-refractivity contribution in [3.8, 4) is 0 Å². The van der Waals surface area contributed by atoms with Crippen molar-refractivity contribution in [2.75, 3.05) is 9.80 Å². The second kappa shape index (κ2) is 10.6. The molecule has 0 atom stereocenters. The Labute approximate surface area is 235 Å². The molecule has 1 aliphatic rings. The minimum absolute atomic E-state index is 1.07. The van der Waals surface area contributed by atoms with Gasteiger partial charge in [0, 0.05) is 34.1 Å². The van der Waals surface area contributed by atoms with Crippen LogP contribution in [0.25, 0.3) is 21.5 Å². The maximum absolute atomic E-state index is 2.36. The second-order valence-corrected chi connectivity index (χ2v) is 10.2. The Morgan fingerprint density at radius 2 is 0.875 bits per heavy atom. The minimum Gasteiger partial charge on any atom is -0.311 e. The average molecular weight is 515 g/mol. The van der Waals surface area contributed by atoms with Gasteiger partial charge in [0.05, 0.1) is 0 Å². The van der Waals surface area contributed by atoms with Crippen molar-refractivity contribution in [2.45, 2.75) is 12.8 Å². The van der Waals surface area contributed by atoms with E-state index in [1.54, 1.807) is 0 Å². The Hall–Kier alpha value is -5.08. The first-order valence-corrected chi connectivity index (χ1v) is 13.9. The second-order valence-electron chi connectivity index (χ2n) is 10.2. The molecule has 192 valence electrons. The average Bonchev–Trinajstić information content (AvgIpc) is 3.03. The summed E-state index contributed by atoms with van der Waals surface area (Å²) in [6.07, 6.45) is 9.02. The van der Waals surface area contributed by atoms with E-state index in [0.717, 1.165) is 29.9 Å². The summed E-state index contributed by atoms with van der Waals surface area (Å²) in [4.78, 5) is 4.68. The zero-order valence-electron chi connectivity index (χ0n) is 22.3. The van der Waals surface area contributed by atoms with E-state index in [1.807, 2.05) is 0 Å². The van der Waals surface area contributed by atoms with E-state index in [2.05, 4.69) is 168 Å². The Morgan fingerprint density at radius 1 is 0.400 bits per heavy atom. The van der Waals surface area contributed by atoms with Gasteiger partial charge in [-0.25, -0.2) is 0 Å². The number of para-hydroxylation sites is 3. The lowest BCUT2D eigenvalue weighted by atomic mass is 9.99. The van der Waals surface area contributed by atoms with Gasteiger partial charge < -0.3 is 9.80 Å². The van der Waals surface area contributed by atoms with E-state index < -0.39 is 0 Å². The van der Waals surface area contributed by atoms with E-state index >= 15 is 0 Å². The predicted octanol–water partition coefficient (Wildman–Crippen LogP) is 10.8. The summed E-state index contributed by atoms with van der Waals surface area (Å²) in [7, 11) is 0. The summed E-state index contributed by atoms with van der Waals surface area (Å²) in [5.74, 6) is 0. The van der Waals surface area contributed by atoms with E-state index in [-0.39, 0.29) is 0 Å². The fourth-order valence-corrected chi connectivity index (χ4v) is 5.72. The molecule has 0 N–H and O–H groups in total. The van der Waals surface area contributed by atoms with Crippen LogP contribution >= 0.6 is 0 Å². The highest BCUT2D eigenvalue weighted by Crippen LogP contribution is 2.39. The molecule has 0 aromatic heterocycles. The molecule has 6 aromatic carbocycles. The van der Waals surface area contributed by atoms with Crippen LogP contribution in [0.15, 0.2) is 163 Å². The number of anilines is 5. The van der Waals surface area contributed by atoms with Gasteiger partial charge in [-0.15, -0.1) is 0 Å². The van der Waals surface area contributed by atoms with Gasteiger partial charge in [-0.3, -0.25) is 0 Å². The molecule has 0 saturated carbocycles. The van der Waals surface area contributed by atoms with Crippen LogP contribution in [0.3, 0.4) is 0 Å². The molecular weight excluding hydrogens is 484 g/mol. The van der Waals surface area contributed by atoms with Crippen molar-refractivity contribution in [3.63, 3.8) is 0 Å². The van der Waals surface area contributed by atoms with Crippen molar-refractivity contribution in [1.29, 1.82) is 0 Å². The van der Waals surface area contributed by atoms with Crippen molar-refractivity contribution in [2.24, 2.45) is 0 Å². The largest absolute Gasteiger partial charge is 0.311 e. The molecule has 40 heavy (non-hydrogen) atoms. The van der Waals surface area contributed by atoms with Gasteiger partial charge in [0.15, 0.2) is 0 Å². The summed E-state index contributed by atoms with van der Waals surface area (Å²) >= 11 is 0. The van der Waals surface area contributed by atoms with Gasteiger partial charge in [0.1, 0.15) is 0 Å². The van der Waals surface area contributed by atoms with Crippen molar-refractivity contribution < 1.29 is 0 Å². The summed E-state index contributed by atoms with van der Waals surface area (Å²) in [6, 6.07) is 50.0. The zero-order valence-corrected chi connectivity index (χ0v) is 22.3. The van der Waals surface area contributed by atoms with Gasteiger partial charge in [0.25, 0.3) is 0 Å². The molecule has 1 aliphatic carbocycles. The van der Waals surface area contributed by atoms with Crippen LogP contribution in [0.4, 0.5) is 28.4 Å². The highest BCUT2D eigenvalue weighted by molar-refractivity contribution is 6.09. The molecule has 0 heterocycles. The number of nitrogens with zero attached hydrogens (tertiary/aromatic N) is 2. The topological polar surface area (TPSA) is 6.48 Å². The maximum Gasteiger partial charge on any atom is 0.0468 e. The smallest absolute Gasteiger partial charge is 0.0468 e. The molecule has 0 bridgehead atoms. The van der Waals surface area contributed by atoms with Gasteiger partial charge in [-0.1, -0.05) is 91.0 Å². The van der Waals surface area contributed by atoms with Crippen LogP contribution in [0.5, 0.6) is 0 Å². The monoisotopic (exact) mass is 514 g/mol. The molecule has 2 nitrogen and oxygen atoms in total. The first-order chi connectivity index (χ1) is 19.8. The van der Waals surface area contributed by atoms with E-state index in [9.17, 15) is 0 Å². The van der Waals surface area contributed by atoms with Crippen molar-refractivity contribution >= 4 is 50.0 Å². The first-order valence-electron chi connectivity index (χ1n) is 13.9. The highest BCUT2D eigenvalue weighted by atomic mass is 15.1. The lowest BCUT2D eigenvalue weighted by Crippen LogP contribution is -2.16. The van der Waals surface area contributed by atoms with E-state index in [4.69, 9.17) is 0 Å². The Bertz CT molecular complexity index is 1800. The van der Waals surface area contributed by atoms with Crippen LogP contribution in [-0.4, -0.2) is 0 Å². The van der Waals surface area contributed by atoms with Crippen LogP contribution in [0.2, 0.25) is 0 Å². The molecule has 0 fully saturated rings. The normalized spacial score (nSPS) is 12.8. The van der Waals surface area contributed by atoms with Crippen LogP contribution in [0.1, 0.15) is 12.8 Å². The molecule has 0 radical (unpaired) electrons. The lowest BCUT2D eigenvalue weighted by Gasteiger charge is -2.28. The van der Waals surface area contributed by atoms with E-state index in [0.29, 0.717) is 0 Å². The molecular formula is C38H30N2. The van der Waals surface area contributed by atoms with E-state index in [1.165, 1.54) is 38.6 Å². The molecule has 7 rings (SSSR count). The first kappa shape index (κ1) is 24.0. The third kappa shape index (κ3) is 4.54. The Balaban J connectivity index is 1.32. The molecule has 0 unspecified atom stereocenters. The van der Waals surface area contributed by atoms with Gasteiger partial charge in [-0.05, 0) is 101 Å². The number of rotatable bonds is 6. The third-order valence-corrected chi connectivity index (χ3v) is 7.60. The standard InChI is InChI=1S/C38H30N2/c1-5-13-31(14-6-1)39(32-15-7-2-8-16-32)35-23-25-37-29(27-35)21-22-30-28-36(24-26-38(30)37)40(33-17-9-3-10-18-33)34-19-11-4-12-20-34/h1-3,5-11,13-28H,4,12H2. The lowest BCUT2D eigenvalue weighted by molar-refractivity contribution is 0.997. The molecule has 0 amide bonds. The van der Waals surface area contributed by atoms with Gasteiger partial charge in [0.2, 0.25) is 0 Å².